The first-order valence-electron chi connectivity index (χ1n) is 14.5. The van der Waals surface area contributed by atoms with Gasteiger partial charge < -0.3 is 23.7 Å². The van der Waals surface area contributed by atoms with Crippen LogP contribution in [0.25, 0.3) is 0 Å². The standard InChI is InChI=1S/C29H56O7/c1-5-6-7-8-9-10-11-12-13-14-15-16-17-18-27(30)35-26-25-34-24-23-33-22-21-32-20-19-28(31)36-29(2,3)4/h5-26H2,1-4H3. The monoisotopic (exact) mass is 516 g/mol. The molecule has 7 heteroatoms. The Kier molecular flexibility index (Phi) is 24.6. The molecule has 0 saturated heterocycles. The van der Waals surface area contributed by atoms with Crippen molar-refractivity contribution in [1.29, 1.82) is 0 Å². The number of hydrogen-bond acceptors (Lipinski definition) is 7. The lowest BCUT2D eigenvalue weighted by Crippen LogP contribution is -2.24. The number of ether oxygens (including phenoxy) is 5. The highest BCUT2D eigenvalue weighted by Gasteiger charge is 2.15. The van der Waals surface area contributed by atoms with Crippen molar-refractivity contribution in [3.05, 3.63) is 0 Å². The van der Waals surface area contributed by atoms with Gasteiger partial charge in [0.25, 0.3) is 0 Å². The molecule has 0 spiro atoms. The molecule has 7 nitrogen and oxygen atoms in total. The lowest BCUT2D eigenvalue weighted by molar-refractivity contribution is -0.156. The molecule has 0 aromatic carbocycles. The fourth-order valence-corrected chi connectivity index (χ4v) is 3.66. The predicted octanol–water partition coefficient (Wildman–Crippen LogP) is 6.79. The third kappa shape index (κ3) is 29.1. The Morgan fingerprint density at radius 3 is 1.39 bits per heavy atom. The minimum Gasteiger partial charge on any atom is -0.463 e. The summed E-state index contributed by atoms with van der Waals surface area (Å²) in [4.78, 5) is 23.3. The van der Waals surface area contributed by atoms with Gasteiger partial charge in [0.1, 0.15) is 12.2 Å². The predicted molar refractivity (Wildman–Crippen MR) is 144 cm³/mol. The molecule has 0 unspecified atom stereocenters. The van der Waals surface area contributed by atoms with Gasteiger partial charge in [-0.05, 0) is 27.2 Å². The van der Waals surface area contributed by atoms with E-state index in [2.05, 4.69) is 6.92 Å². The molecule has 36 heavy (non-hydrogen) atoms. The minimum absolute atomic E-state index is 0.138. The first kappa shape index (κ1) is 34.8. The van der Waals surface area contributed by atoms with Gasteiger partial charge in [0, 0.05) is 6.42 Å². The van der Waals surface area contributed by atoms with Crippen molar-refractivity contribution >= 4 is 11.9 Å². The molecule has 0 rings (SSSR count). The van der Waals surface area contributed by atoms with Crippen LogP contribution in [0, 0.1) is 0 Å². The number of carbonyl (C=O) groups excluding carboxylic acids is 2. The summed E-state index contributed by atoms with van der Waals surface area (Å²) in [6, 6.07) is 0. The molecule has 0 heterocycles. The average Bonchev–Trinajstić information content (AvgIpc) is 2.81. The van der Waals surface area contributed by atoms with Crippen molar-refractivity contribution in [3.63, 3.8) is 0 Å². The van der Waals surface area contributed by atoms with Crippen LogP contribution in [-0.4, -0.2) is 63.8 Å². The van der Waals surface area contributed by atoms with Crippen LogP contribution in [-0.2, 0) is 33.3 Å². The lowest BCUT2D eigenvalue weighted by Gasteiger charge is -2.19. The molecule has 0 N–H and O–H groups in total. The van der Waals surface area contributed by atoms with Gasteiger partial charge in [-0.1, -0.05) is 84.0 Å². The normalized spacial score (nSPS) is 11.6. The van der Waals surface area contributed by atoms with Crippen LogP contribution in [0.1, 0.15) is 124 Å². The second kappa shape index (κ2) is 25.5. The summed E-state index contributed by atoms with van der Waals surface area (Å²) >= 11 is 0. The average molecular weight is 517 g/mol. The molecule has 0 radical (unpaired) electrons. The zero-order chi connectivity index (χ0) is 26.7. The number of rotatable bonds is 26. The summed E-state index contributed by atoms with van der Waals surface area (Å²) in [5, 5.41) is 0. The van der Waals surface area contributed by atoms with Crippen molar-refractivity contribution < 1.29 is 33.3 Å². The summed E-state index contributed by atoms with van der Waals surface area (Å²) in [7, 11) is 0. The first-order chi connectivity index (χ1) is 17.3. The molecule has 0 saturated carbocycles. The van der Waals surface area contributed by atoms with Crippen LogP contribution in [0.5, 0.6) is 0 Å². The van der Waals surface area contributed by atoms with Gasteiger partial charge in [-0.15, -0.1) is 0 Å². The maximum Gasteiger partial charge on any atom is 0.308 e. The topological polar surface area (TPSA) is 80.3 Å². The number of carbonyl (C=O) groups is 2. The summed E-state index contributed by atoms with van der Waals surface area (Å²) < 4.78 is 26.6. The van der Waals surface area contributed by atoms with Gasteiger partial charge in [0.05, 0.1) is 46.1 Å². The second-order valence-corrected chi connectivity index (χ2v) is 10.4. The van der Waals surface area contributed by atoms with Crippen LogP contribution in [0.3, 0.4) is 0 Å². The molecule has 0 aromatic rings. The van der Waals surface area contributed by atoms with Gasteiger partial charge >= 0.3 is 11.9 Å². The fraction of sp³-hybridized carbons (Fsp3) is 0.931. The summed E-state index contributed by atoms with van der Waals surface area (Å²) in [5.41, 5.74) is -0.468. The van der Waals surface area contributed by atoms with Crippen LogP contribution in [0.2, 0.25) is 0 Å². The Hall–Kier alpha value is -1.18. The lowest BCUT2D eigenvalue weighted by atomic mass is 10.0. The molecule has 0 atom stereocenters. The zero-order valence-corrected chi connectivity index (χ0v) is 23.9. The Morgan fingerprint density at radius 1 is 0.500 bits per heavy atom. The first-order valence-corrected chi connectivity index (χ1v) is 14.5. The summed E-state index contributed by atoms with van der Waals surface area (Å²) in [6.45, 7) is 10.5. The molecule has 0 aliphatic rings. The van der Waals surface area contributed by atoms with Gasteiger partial charge in [0.2, 0.25) is 0 Å². The molecular formula is C29H56O7. The molecule has 0 amide bonds. The fourth-order valence-electron chi connectivity index (χ4n) is 3.66. The quantitative estimate of drug-likeness (QED) is 0.0924. The van der Waals surface area contributed by atoms with Crippen LogP contribution in [0.4, 0.5) is 0 Å². The Balaban J connectivity index is 3.24. The Labute approximate surface area is 221 Å². The van der Waals surface area contributed by atoms with Crippen LogP contribution < -0.4 is 0 Å². The van der Waals surface area contributed by atoms with Crippen molar-refractivity contribution in [2.24, 2.45) is 0 Å². The molecular weight excluding hydrogens is 460 g/mol. The van der Waals surface area contributed by atoms with E-state index in [1.165, 1.54) is 70.6 Å². The highest BCUT2D eigenvalue weighted by atomic mass is 16.6. The SMILES string of the molecule is CCCCCCCCCCCCCCCC(=O)OCCOCCOCCOCCC(=O)OC(C)(C)C. The third-order valence-electron chi connectivity index (χ3n) is 5.59. The summed E-state index contributed by atoms with van der Waals surface area (Å²) in [5.74, 6) is -0.400. The highest BCUT2D eigenvalue weighted by Crippen LogP contribution is 2.13. The van der Waals surface area contributed by atoms with Crippen LogP contribution in [0.15, 0.2) is 0 Å². The van der Waals surface area contributed by atoms with Gasteiger partial charge in [-0.2, -0.15) is 0 Å². The molecule has 0 aromatic heterocycles. The third-order valence-corrected chi connectivity index (χ3v) is 5.59. The van der Waals surface area contributed by atoms with Crippen molar-refractivity contribution in [2.45, 2.75) is 130 Å². The number of unbranched alkanes of at least 4 members (excludes halogenated alkanes) is 12. The van der Waals surface area contributed by atoms with Gasteiger partial charge in [-0.25, -0.2) is 0 Å². The van der Waals surface area contributed by atoms with E-state index in [9.17, 15) is 9.59 Å². The van der Waals surface area contributed by atoms with E-state index in [1.54, 1.807) is 0 Å². The maximum atomic E-state index is 11.8. The molecule has 0 bridgehead atoms. The molecule has 0 aliphatic heterocycles. The molecule has 214 valence electrons. The Bertz CT molecular complexity index is 502. The van der Waals surface area contributed by atoms with E-state index < -0.39 is 5.60 Å². The van der Waals surface area contributed by atoms with Crippen molar-refractivity contribution in [3.8, 4) is 0 Å². The minimum atomic E-state index is -0.468. The van der Waals surface area contributed by atoms with E-state index in [0.717, 1.165) is 12.8 Å². The van der Waals surface area contributed by atoms with Gasteiger partial charge in [-0.3, -0.25) is 9.59 Å². The second-order valence-electron chi connectivity index (χ2n) is 10.4. The number of esters is 2. The highest BCUT2D eigenvalue weighted by molar-refractivity contribution is 5.70. The molecule has 0 fully saturated rings. The summed E-state index contributed by atoms with van der Waals surface area (Å²) in [6.07, 6.45) is 17.6. The van der Waals surface area contributed by atoms with E-state index in [-0.39, 0.29) is 25.0 Å². The maximum absolute atomic E-state index is 11.8. The van der Waals surface area contributed by atoms with Crippen molar-refractivity contribution in [2.75, 3.05) is 46.2 Å². The van der Waals surface area contributed by atoms with E-state index in [4.69, 9.17) is 23.7 Å². The Morgan fingerprint density at radius 2 is 0.917 bits per heavy atom. The number of hydrogen-bond donors (Lipinski definition) is 0. The zero-order valence-electron chi connectivity index (χ0n) is 23.9. The largest absolute Gasteiger partial charge is 0.463 e. The van der Waals surface area contributed by atoms with Crippen LogP contribution >= 0.6 is 0 Å². The van der Waals surface area contributed by atoms with E-state index in [0.29, 0.717) is 46.1 Å². The van der Waals surface area contributed by atoms with Gasteiger partial charge in [0.15, 0.2) is 0 Å². The van der Waals surface area contributed by atoms with E-state index >= 15 is 0 Å². The smallest absolute Gasteiger partial charge is 0.308 e. The van der Waals surface area contributed by atoms with Crippen molar-refractivity contribution in [1.82, 2.24) is 0 Å². The molecule has 0 aliphatic carbocycles. The van der Waals surface area contributed by atoms with E-state index in [1.807, 2.05) is 20.8 Å².